The number of nitrogens with zero attached hydrogens (tertiary/aromatic N) is 1. The van der Waals surface area contributed by atoms with Gasteiger partial charge in [0.1, 0.15) is 0 Å². The summed E-state index contributed by atoms with van der Waals surface area (Å²) in [4.78, 5) is 0. The molecule has 1 saturated heterocycles. The minimum Gasteiger partial charge on any atom is -0.316 e. The van der Waals surface area contributed by atoms with E-state index in [1.54, 1.807) is 0 Å². The SMILES string of the molecule is Cl.N#Cc1ccc(C2CCNC2)cc1. The summed E-state index contributed by atoms with van der Waals surface area (Å²) in [7, 11) is 0. The van der Waals surface area contributed by atoms with E-state index in [1.165, 1.54) is 12.0 Å². The topological polar surface area (TPSA) is 35.8 Å². The van der Waals surface area contributed by atoms with Crippen molar-refractivity contribution in [2.45, 2.75) is 12.3 Å². The van der Waals surface area contributed by atoms with Crippen molar-refractivity contribution in [3.05, 3.63) is 35.4 Å². The molecule has 2 rings (SSSR count). The fourth-order valence-electron chi connectivity index (χ4n) is 1.77. The lowest BCUT2D eigenvalue weighted by Gasteiger charge is -2.07. The first kappa shape index (κ1) is 11.0. The highest BCUT2D eigenvalue weighted by Crippen LogP contribution is 2.22. The van der Waals surface area contributed by atoms with Crippen molar-refractivity contribution in [3.8, 4) is 6.07 Å². The summed E-state index contributed by atoms with van der Waals surface area (Å²) in [6, 6.07) is 10.1. The summed E-state index contributed by atoms with van der Waals surface area (Å²) in [5.41, 5.74) is 2.10. The van der Waals surface area contributed by atoms with Crippen LogP contribution >= 0.6 is 12.4 Å². The maximum absolute atomic E-state index is 8.63. The van der Waals surface area contributed by atoms with Crippen molar-refractivity contribution in [1.29, 1.82) is 5.26 Å². The van der Waals surface area contributed by atoms with Gasteiger partial charge in [0.2, 0.25) is 0 Å². The molecule has 0 radical (unpaired) electrons. The van der Waals surface area contributed by atoms with Crippen LogP contribution in [0, 0.1) is 11.3 Å². The monoisotopic (exact) mass is 208 g/mol. The Morgan fingerprint density at radius 1 is 1.29 bits per heavy atom. The Bertz CT molecular complexity index is 320. The van der Waals surface area contributed by atoms with Crippen molar-refractivity contribution in [2.75, 3.05) is 13.1 Å². The number of halogens is 1. The van der Waals surface area contributed by atoms with Crippen LogP contribution in [0.4, 0.5) is 0 Å². The van der Waals surface area contributed by atoms with Gasteiger partial charge in [0.25, 0.3) is 0 Å². The van der Waals surface area contributed by atoms with Crippen LogP contribution < -0.4 is 5.32 Å². The average molecular weight is 209 g/mol. The van der Waals surface area contributed by atoms with Crippen LogP contribution in [0.15, 0.2) is 24.3 Å². The van der Waals surface area contributed by atoms with Gasteiger partial charge in [-0.1, -0.05) is 12.1 Å². The largest absolute Gasteiger partial charge is 0.316 e. The zero-order valence-electron chi connectivity index (χ0n) is 7.86. The zero-order valence-corrected chi connectivity index (χ0v) is 8.68. The predicted octanol–water partition coefficient (Wildman–Crippen LogP) is 2.06. The molecule has 1 aromatic carbocycles. The molecule has 0 spiro atoms. The maximum Gasteiger partial charge on any atom is 0.0991 e. The molecule has 1 atom stereocenters. The highest BCUT2D eigenvalue weighted by molar-refractivity contribution is 5.85. The molecule has 0 saturated carbocycles. The van der Waals surface area contributed by atoms with Gasteiger partial charge in [0.15, 0.2) is 0 Å². The molecular weight excluding hydrogens is 196 g/mol. The molecule has 0 amide bonds. The second-order valence-corrected chi connectivity index (χ2v) is 3.42. The van der Waals surface area contributed by atoms with Gasteiger partial charge >= 0.3 is 0 Å². The van der Waals surface area contributed by atoms with Gasteiger partial charge in [-0.25, -0.2) is 0 Å². The number of hydrogen-bond donors (Lipinski definition) is 1. The number of nitrogens with one attached hydrogen (secondary N) is 1. The van der Waals surface area contributed by atoms with Crippen LogP contribution in [-0.4, -0.2) is 13.1 Å². The van der Waals surface area contributed by atoms with Gasteiger partial charge < -0.3 is 5.32 Å². The van der Waals surface area contributed by atoms with Gasteiger partial charge in [-0.3, -0.25) is 0 Å². The van der Waals surface area contributed by atoms with Gasteiger partial charge in [0, 0.05) is 6.54 Å². The molecule has 1 heterocycles. The predicted molar refractivity (Wildman–Crippen MR) is 58.6 cm³/mol. The molecule has 3 heteroatoms. The fourth-order valence-corrected chi connectivity index (χ4v) is 1.77. The van der Waals surface area contributed by atoms with Crippen molar-refractivity contribution < 1.29 is 0 Å². The molecule has 2 nitrogen and oxygen atoms in total. The van der Waals surface area contributed by atoms with Crippen molar-refractivity contribution in [3.63, 3.8) is 0 Å². The third-order valence-electron chi connectivity index (χ3n) is 2.57. The van der Waals surface area contributed by atoms with Crippen LogP contribution in [0.3, 0.4) is 0 Å². The summed E-state index contributed by atoms with van der Waals surface area (Å²) in [6.07, 6.45) is 1.21. The van der Waals surface area contributed by atoms with E-state index in [0.29, 0.717) is 5.92 Å². The van der Waals surface area contributed by atoms with Gasteiger partial charge in [-0.05, 0) is 36.6 Å². The molecular formula is C11H13ClN2. The lowest BCUT2D eigenvalue weighted by molar-refractivity contribution is 0.763. The van der Waals surface area contributed by atoms with E-state index in [9.17, 15) is 0 Å². The molecule has 1 aliphatic heterocycles. The Balaban J connectivity index is 0.000000980. The van der Waals surface area contributed by atoms with E-state index in [-0.39, 0.29) is 12.4 Å². The van der Waals surface area contributed by atoms with Crippen LogP contribution in [0.1, 0.15) is 23.5 Å². The van der Waals surface area contributed by atoms with Crippen molar-refractivity contribution in [2.24, 2.45) is 0 Å². The Hall–Kier alpha value is -1.04. The first-order valence-electron chi connectivity index (χ1n) is 4.61. The second kappa shape index (κ2) is 4.99. The Labute approximate surface area is 90.3 Å². The van der Waals surface area contributed by atoms with Gasteiger partial charge in [0.05, 0.1) is 11.6 Å². The minimum atomic E-state index is 0. The molecule has 1 fully saturated rings. The molecule has 74 valence electrons. The summed E-state index contributed by atoms with van der Waals surface area (Å²) in [5, 5.41) is 12.0. The highest BCUT2D eigenvalue weighted by Gasteiger charge is 2.15. The highest BCUT2D eigenvalue weighted by atomic mass is 35.5. The van der Waals surface area contributed by atoms with Crippen LogP contribution in [0.25, 0.3) is 0 Å². The van der Waals surface area contributed by atoms with E-state index in [1.807, 2.05) is 12.1 Å². The maximum atomic E-state index is 8.63. The first-order chi connectivity index (χ1) is 6.40. The first-order valence-corrected chi connectivity index (χ1v) is 4.61. The summed E-state index contributed by atoms with van der Waals surface area (Å²) in [5.74, 6) is 0.646. The van der Waals surface area contributed by atoms with E-state index in [2.05, 4.69) is 23.5 Å². The lowest BCUT2D eigenvalue weighted by atomic mass is 9.98. The Morgan fingerprint density at radius 2 is 2.00 bits per heavy atom. The molecule has 1 N–H and O–H groups in total. The van der Waals surface area contributed by atoms with E-state index >= 15 is 0 Å². The van der Waals surface area contributed by atoms with Gasteiger partial charge in [-0.15, -0.1) is 12.4 Å². The average Bonchev–Trinajstić information content (AvgIpc) is 2.71. The zero-order chi connectivity index (χ0) is 9.10. The molecule has 0 aromatic heterocycles. The molecule has 14 heavy (non-hydrogen) atoms. The molecule has 0 bridgehead atoms. The number of nitriles is 1. The lowest BCUT2D eigenvalue weighted by Crippen LogP contribution is -2.07. The molecule has 1 aromatic rings. The minimum absolute atomic E-state index is 0. The quantitative estimate of drug-likeness (QED) is 0.767. The molecule has 0 aliphatic carbocycles. The van der Waals surface area contributed by atoms with Crippen LogP contribution in [0.5, 0.6) is 0 Å². The standard InChI is InChI=1S/C11H12N2.ClH/c12-7-9-1-3-10(4-2-9)11-5-6-13-8-11;/h1-4,11,13H,5-6,8H2;1H. The third-order valence-corrected chi connectivity index (χ3v) is 2.57. The van der Waals surface area contributed by atoms with Crippen molar-refractivity contribution >= 4 is 12.4 Å². The van der Waals surface area contributed by atoms with Crippen molar-refractivity contribution in [1.82, 2.24) is 5.32 Å². The third kappa shape index (κ3) is 2.25. The smallest absolute Gasteiger partial charge is 0.0991 e. The summed E-state index contributed by atoms with van der Waals surface area (Å²) in [6.45, 7) is 2.19. The Kier molecular flexibility index (Phi) is 3.94. The molecule has 1 aliphatic rings. The van der Waals surface area contributed by atoms with E-state index in [0.717, 1.165) is 18.7 Å². The van der Waals surface area contributed by atoms with Gasteiger partial charge in [-0.2, -0.15) is 5.26 Å². The number of benzene rings is 1. The Morgan fingerprint density at radius 3 is 2.50 bits per heavy atom. The van der Waals surface area contributed by atoms with E-state index in [4.69, 9.17) is 5.26 Å². The summed E-state index contributed by atoms with van der Waals surface area (Å²) >= 11 is 0. The normalized spacial score (nSPS) is 19.8. The number of hydrogen-bond acceptors (Lipinski definition) is 2. The fraction of sp³-hybridized carbons (Fsp3) is 0.364. The van der Waals surface area contributed by atoms with E-state index < -0.39 is 0 Å². The van der Waals surface area contributed by atoms with Crippen LogP contribution in [-0.2, 0) is 0 Å². The molecule has 1 unspecified atom stereocenters. The number of rotatable bonds is 1. The van der Waals surface area contributed by atoms with Crippen LogP contribution in [0.2, 0.25) is 0 Å². The second-order valence-electron chi connectivity index (χ2n) is 3.42. The summed E-state index contributed by atoms with van der Waals surface area (Å²) < 4.78 is 0.